The van der Waals surface area contributed by atoms with Crippen molar-refractivity contribution in [2.45, 2.75) is 32.9 Å². The molecule has 2 aliphatic heterocycles. The quantitative estimate of drug-likeness (QED) is 0.928. The molecule has 1 aromatic carbocycles. The van der Waals surface area contributed by atoms with E-state index in [9.17, 15) is 0 Å². The molecule has 3 nitrogen and oxygen atoms in total. The monoisotopic (exact) mass is 293 g/mol. The first-order valence-corrected chi connectivity index (χ1v) is 8.50. The second-order valence-corrected chi connectivity index (χ2v) is 7.37. The lowest BCUT2D eigenvalue weighted by Crippen LogP contribution is -2.46. The van der Waals surface area contributed by atoms with Gasteiger partial charge in [-0.2, -0.15) is 11.8 Å². The number of hydrogen-bond donors (Lipinski definition) is 1. The van der Waals surface area contributed by atoms with E-state index in [1.807, 2.05) is 6.07 Å². The van der Waals surface area contributed by atoms with E-state index in [4.69, 9.17) is 9.47 Å². The fraction of sp³-hybridized carbons (Fsp3) is 0.625. The summed E-state index contributed by atoms with van der Waals surface area (Å²) >= 11 is 2.06. The molecule has 0 bridgehead atoms. The van der Waals surface area contributed by atoms with Crippen molar-refractivity contribution in [3.8, 4) is 11.5 Å². The van der Waals surface area contributed by atoms with E-state index in [2.05, 4.69) is 43.1 Å². The largest absolute Gasteiger partial charge is 0.486 e. The van der Waals surface area contributed by atoms with E-state index in [1.54, 1.807) is 0 Å². The summed E-state index contributed by atoms with van der Waals surface area (Å²) in [5, 5.41) is 3.72. The summed E-state index contributed by atoms with van der Waals surface area (Å²) in [6.45, 7) is 6.93. The van der Waals surface area contributed by atoms with Gasteiger partial charge in [0.15, 0.2) is 11.5 Å². The number of nitrogens with one attached hydrogen (secondary N) is 1. The van der Waals surface area contributed by atoms with Gasteiger partial charge in [-0.15, -0.1) is 0 Å². The highest BCUT2D eigenvalue weighted by Gasteiger charge is 2.32. The molecule has 0 saturated carbocycles. The van der Waals surface area contributed by atoms with E-state index >= 15 is 0 Å². The molecule has 1 fully saturated rings. The van der Waals surface area contributed by atoms with Crippen LogP contribution >= 0.6 is 11.8 Å². The minimum atomic E-state index is 0.388. The van der Waals surface area contributed by atoms with Gasteiger partial charge in [0.25, 0.3) is 0 Å². The molecule has 1 aromatic rings. The number of benzene rings is 1. The summed E-state index contributed by atoms with van der Waals surface area (Å²) in [7, 11) is 0. The lowest BCUT2D eigenvalue weighted by atomic mass is 9.82. The Morgan fingerprint density at radius 1 is 1.25 bits per heavy atom. The molecule has 4 heteroatoms. The predicted octanol–water partition coefficient (Wildman–Crippen LogP) is 3.08. The molecule has 2 aliphatic rings. The van der Waals surface area contributed by atoms with Gasteiger partial charge in [-0.05, 0) is 35.3 Å². The van der Waals surface area contributed by atoms with Crippen molar-refractivity contribution in [3.63, 3.8) is 0 Å². The molecular weight excluding hydrogens is 270 g/mol. The fourth-order valence-corrected chi connectivity index (χ4v) is 4.35. The number of thioether (sulfide) groups is 1. The molecule has 3 rings (SSSR count). The fourth-order valence-electron chi connectivity index (χ4n) is 2.71. The number of fused-ring (bicyclic) bond motifs is 1. The molecule has 1 saturated heterocycles. The van der Waals surface area contributed by atoms with Gasteiger partial charge in [-0.3, -0.25) is 0 Å². The van der Waals surface area contributed by atoms with Gasteiger partial charge in [0, 0.05) is 18.3 Å². The molecule has 0 spiro atoms. The van der Waals surface area contributed by atoms with Crippen LogP contribution in [-0.2, 0) is 6.54 Å². The van der Waals surface area contributed by atoms with Crippen LogP contribution in [0.4, 0.5) is 0 Å². The van der Waals surface area contributed by atoms with Crippen molar-refractivity contribution in [2.75, 3.05) is 24.7 Å². The van der Waals surface area contributed by atoms with Crippen LogP contribution in [0.3, 0.4) is 0 Å². The Hall–Kier alpha value is -0.870. The minimum absolute atomic E-state index is 0.388. The summed E-state index contributed by atoms with van der Waals surface area (Å²) in [5.41, 5.74) is 1.65. The zero-order valence-corrected chi connectivity index (χ0v) is 13.1. The average molecular weight is 293 g/mol. The summed E-state index contributed by atoms with van der Waals surface area (Å²) in [5.74, 6) is 4.24. The second kappa shape index (κ2) is 5.86. The summed E-state index contributed by atoms with van der Waals surface area (Å²) in [4.78, 5) is 0. The van der Waals surface area contributed by atoms with Crippen LogP contribution < -0.4 is 14.8 Å². The van der Waals surface area contributed by atoms with Gasteiger partial charge in [-0.25, -0.2) is 0 Å². The third-order valence-corrected chi connectivity index (χ3v) is 5.34. The van der Waals surface area contributed by atoms with Crippen LogP contribution in [0.15, 0.2) is 18.2 Å². The van der Waals surface area contributed by atoms with Gasteiger partial charge in [-0.1, -0.05) is 19.9 Å². The highest BCUT2D eigenvalue weighted by molar-refractivity contribution is 7.99. The van der Waals surface area contributed by atoms with Crippen molar-refractivity contribution in [1.29, 1.82) is 0 Å². The molecule has 20 heavy (non-hydrogen) atoms. The highest BCUT2D eigenvalue weighted by Crippen LogP contribution is 2.35. The SMILES string of the molecule is CC1(C)CCSCC1NCc1ccc2c(c1)OCCO2. The van der Waals surface area contributed by atoms with Crippen molar-refractivity contribution in [3.05, 3.63) is 23.8 Å². The van der Waals surface area contributed by atoms with Gasteiger partial charge in [0.1, 0.15) is 13.2 Å². The topological polar surface area (TPSA) is 30.5 Å². The molecule has 0 aliphatic carbocycles. The van der Waals surface area contributed by atoms with Crippen LogP contribution in [0.2, 0.25) is 0 Å². The molecule has 1 N–H and O–H groups in total. The zero-order chi connectivity index (χ0) is 14.0. The van der Waals surface area contributed by atoms with Gasteiger partial charge in [0.05, 0.1) is 0 Å². The number of hydrogen-bond acceptors (Lipinski definition) is 4. The average Bonchev–Trinajstić information content (AvgIpc) is 2.45. The van der Waals surface area contributed by atoms with Crippen LogP contribution in [-0.4, -0.2) is 30.8 Å². The van der Waals surface area contributed by atoms with Crippen molar-refractivity contribution in [2.24, 2.45) is 5.41 Å². The molecule has 1 unspecified atom stereocenters. The highest BCUT2D eigenvalue weighted by atomic mass is 32.2. The zero-order valence-electron chi connectivity index (χ0n) is 12.3. The lowest BCUT2D eigenvalue weighted by molar-refractivity contribution is 0.171. The third-order valence-electron chi connectivity index (χ3n) is 4.28. The summed E-state index contributed by atoms with van der Waals surface area (Å²) < 4.78 is 11.2. The predicted molar refractivity (Wildman–Crippen MR) is 83.8 cm³/mol. The van der Waals surface area contributed by atoms with Crippen LogP contribution in [0, 0.1) is 5.41 Å². The van der Waals surface area contributed by atoms with E-state index in [-0.39, 0.29) is 0 Å². The molecule has 2 heterocycles. The molecule has 0 aromatic heterocycles. The number of rotatable bonds is 3. The van der Waals surface area contributed by atoms with Crippen molar-refractivity contribution < 1.29 is 9.47 Å². The first kappa shape index (κ1) is 14.1. The molecule has 0 radical (unpaired) electrons. The maximum absolute atomic E-state index is 5.64. The Morgan fingerprint density at radius 2 is 2.05 bits per heavy atom. The Labute approximate surface area is 125 Å². The van der Waals surface area contributed by atoms with Crippen LogP contribution in [0.5, 0.6) is 11.5 Å². The Kier molecular flexibility index (Phi) is 4.13. The van der Waals surface area contributed by atoms with Gasteiger partial charge >= 0.3 is 0 Å². The first-order valence-electron chi connectivity index (χ1n) is 7.35. The Bertz CT molecular complexity index is 476. The minimum Gasteiger partial charge on any atom is -0.486 e. The second-order valence-electron chi connectivity index (χ2n) is 6.22. The van der Waals surface area contributed by atoms with E-state index in [0.29, 0.717) is 24.7 Å². The standard InChI is InChI=1S/C16H23NO2S/c1-16(2)5-8-20-11-15(16)17-10-12-3-4-13-14(9-12)19-7-6-18-13/h3-4,9,15,17H,5-8,10-11H2,1-2H3. The number of ether oxygens (including phenoxy) is 2. The van der Waals surface area contributed by atoms with Gasteiger partial charge in [0.2, 0.25) is 0 Å². The normalized spacial score (nSPS) is 24.4. The first-order chi connectivity index (χ1) is 9.65. The van der Waals surface area contributed by atoms with Gasteiger partial charge < -0.3 is 14.8 Å². The molecule has 1 atom stereocenters. The van der Waals surface area contributed by atoms with Crippen LogP contribution in [0.25, 0.3) is 0 Å². The summed E-state index contributed by atoms with van der Waals surface area (Å²) in [6.07, 6.45) is 1.29. The maximum Gasteiger partial charge on any atom is 0.161 e. The van der Waals surface area contributed by atoms with Crippen LogP contribution in [0.1, 0.15) is 25.8 Å². The molecule has 110 valence electrons. The molecule has 0 amide bonds. The maximum atomic E-state index is 5.64. The van der Waals surface area contributed by atoms with E-state index in [0.717, 1.165) is 18.0 Å². The van der Waals surface area contributed by atoms with Crippen molar-refractivity contribution in [1.82, 2.24) is 5.32 Å². The van der Waals surface area contributed by atoms with E-state index < -0.39 is 0 Å². The Balaban J connectivity index is 1.63. The smallest absolute Gasteiger partial charge is 0.161 e. The van der Waals surface area contributed by atoms with E-state index in [1.165, 1.54) is 23.5 Å². The summed E-state index contributed by atoms with van der Waals surface area (Å²) in [6, 6.07) is 6.83. The molecular formula is C16H23NO2S. The van der Waals surface area contributed by atoms with Crippen molar-refractivity contribution >= 4 is 11.8 Å². The Morgan fingerprint density at radius 3 is 2.85 bits per heavy atom. The third kappa shape index (κ3) is 3.07. The lowest BCUT2D eigenvalue weighted by Gasteiger charge is -2.39.